The first kappa shape index (κ1) is 26.6. The van der Waals surface area contributed by atoms with Crippen LogP contribution in [-0.4, -0.2) is 51.2 Å². The molecule has 0 bridgehead atoms. The average Bonchev–Trinajstić information content (AvgIpc) is 3.30. The Hall–Kier alpha value is -3.47. The van der Waals surface area contributed by atoms with Crippen LogP contribution < -0.4 is 10.2 Å². The third kappa shape index (κ3) is 7.75. The SMILES string of the molecule is O=C(N[C@@H](Cc1cn(Cc2ccccc2)cn1)C(=O)O)C1CCN(c2cccc(SC(F)(F)F)c2)CC1. The van der Waals surface area contributed by atoms with Gasteiger partial charge in [0.05, 0.1) is 12.0 Å². The second kappa shape index (κ2) is 11.7. The molecule has 0 radical (unpaired) electrons. The summed E-state index contributed by atoms with van der Waals surface area (Å²) in [6.07, 6.45) is 4.42. The van der Waals surface area contributed by atoms with Crippen LogP contribution in [0.25, 0.3) is 0 Å². The number of benzene rings is 2. The molecule has 1 amide bonds. The summed E-state index contributed by atoms with van der Waals surface area (Å²) in [7, 11) is 0. The van der Waals surface area contributed by atoms with Crippen LogP contribution in [0.5, 0.6) is 0 Å². The number of aliphatic carboxylic acids is 1. The zero-order valence-electron chi connectivity index (χ0n) is 19.9. The molecule has 2 heterocycles. The van der Waals surface area contributed by atoms with Crippen molar-refractivity contribution >= 4 is 29.3 Å². The fraction of sp³-hybridized carbons (Fsp3) is 0.346. The molecule has 4 rings (SSSR count). The lowest BCUT2D eigenvalue weighted by molar-refractivity contribution is -0.142. The zero-order chi connectivity index (χ0) is 26.4. The molecule has 0 aliphatic carbocycles. The third-order valence-corrected chi connectivity index (χ3v) is 6.93. The first-order valence-electron chi connectivity index (χ1n) is 11.8. The summed E-state index contributed by atoms with van der Waals surface area (Å²) in [6.45, 7) is 1.58. The molecule has 7 nitrogen and oxygen atoms in total. The van der Waals surface area contributed by atoms with Crippen molar-refractivity contribution in [2.75, 3.05) is 18.0 Å². The van der Waals surface area contributed by atoms with Gasteiger partial charge in [-0.1, -0.05) is 36.4 Å². The van der Waals surface area contributed by atoms with Gasteiger partial charge in [-0.2, -0.15) is 13.2 Å². The molecule has 1 aliphatic heterocycles. The van der Waals surface area contributed by atoms with Crippen molar-refractivity contribution in [1.82, 2.24) is 14.9 Å². The Balaban J connectivity index is 1.30. The van der Waals surface area contributed by atoms with Crippen molar-refractivity contribution in [3.63, 3.8) is 0 Å². The minimum Gasteiger partial charge on any atom is -0.480 e. The van der Waals surface area contributed by atoms with E-state index in [-0.39, 0.29) is 34.9 Å². The van der Waals surface area contributed by atoms with E-state index in [2.05, 4.69) is 10.3 Å². The average molecular weight is 533 g/mol. The lowest BCUT2D eigenvalue weighted by Crippen LogP contribution is -2.47. The number of alkyl halides is 3. The van der Waals surface area contributed by atoms with Crippen LogP contribution in [0, 0.1) is 5.92 Å². The normalized spacial score (nSPS) is 15.4. The third-order valence-electron chi connectivity index (χ3n) is 6.20. The number of hydrogen-bond donors (Lipinski definition) is 2. The standard InChI is InChI=1S/C26H27F3N4O3S/c27-26(28,29)37-22-8-4-7-21(14-22)33-11-9-19(10-12-33)24(34)31-23(25(35)36)13-20-16-32(17-30-20)15-18-5-2-1-3-6-18/h1-8,14,16-17,19,23H,9-13,15H2,(H,31,34)(H,35,36)/t23-/m0/s1. The van der Waals surface area contributed by atoms with Crippen LogP contribution in [-0.2, 0) is 22.6 Å². The number of amides is 1. The number of thioether (sulfide) groups is 1. The predicted molar refractivity (Wildman–Crippen MR) is 134 cm³/mol. The van der Waals surface area contributed by atoms with Gasteiger partial charge in [0.15, 0.2) is 0 Å². The van der Waals surface area contributed by atoms with Gasteiger partial charge in [0.25, 0.3) is 0 Å². The van der Waals surface area contributed by atoms with E-state index in [0.29, 0.717) is 43.9 Å². The number of halogens is 3. The van der Waals surface area contributed by atoms with Gasteiger partial charge >= 0.3 is 11.5 Å². The largest absolute Gasteiger partial charge is 0.480 e. The van der Waals surface area contributed by atoms with Crippen molar-refractivity contribution in [2.24, 2.45) is 5.92 Å². The molecule has 2 aromatic carbocycles. The Kier molecular flexibility index (Phi) is 8.42. The molecule has 0 spiro atoms. The number of aromatic nitrogens is 2. The highest BCUT2D eigenvalue weighted by Crippen LogP contribution is 2.38. The highest BCUT2D eigenvalue weighted by atomic mass is 32.2. The van der Waals surface area contributed by atoms with E-state index < -0.39 is 17.5 Å². The van der Waals surface area contributed by atoms with Gasteiger partial charge in [0, 0.05) is 48.8 Å². The number of carbonyl (C=O) groups is 2. The lowest BCUT2D eigenvalue weighted by Gasteiger charge is -2.33. The summed E-state index contributed by atoms with van der Waals surface area (Å²) in [4.78, 5) is 31.1. The molecule has 1 aliphatic rings. The molecule has 0 saturated carbocycles. The van der Waals surface area contributed by atoms with Crippen molar-refractivity contribution in [3.8, 4) is 0 Å². The highest BCUT2D eigenvalue weighted by Gasteiger charge is 2.31. The number of piperidine rings is 1. The fourth-order valence-corrected chi connectivity index (χ4v) is 4.96. The summed E-state index contributed by atoms with van der Waals surface area (Å²) >= 11 is -0.157. The Morgan fingerprint density at radius 2 is 1.84 bits per heavy atom. The maximum atomic E-state index is 12.9. The first-order valence-corrected chi connectivity index (χ1v) is 12.7. The molecular formula is C26H27F3N4O3S. The monoisotopic (exact) mass is 532 g/mol. The number of carboxylic acid groups (broad SMARTS) is 1. The maximum absolute atomic E-state index is 12.9. The summed E-state index contributed by atoms with van der Waals surface area (Å²) < 4.78 is 40.0. The van der Waals surface area contributed by atoms with E-state index in [1.807, 2.05) is 39.8 Å². The molecule has 1 atom stereocenters. The van der Waals surface area contributed by atoms with Crippen molar-refractivity contribution < 1.29 is 27.9 Å². The lowest BCUT2D eigenvalue weighted by atomic mass is 9.95. The number of nitrogens with zero attached hydrogens (tertiary/aromatic N) is 3. The number of hydrogen-bond acceptors (Lipinski definition) is 5. The summed E-state index contributed by atoms with van der Waals surface area (Å²) in [5.41, 5.74) is -2.03. The van der Waals surface area contributed by atoms with Gasteiger partial charge in [0.1, 0.15) is 6.04 Å². The second-order valence-corrected chi connectivity index (χ2v) is 10.1. The van der Waals surface area contributed by atoms with Crippen LogP contribution in [0.15, 0.2) is 72.0 Å². The minimum atomic E-state index is -4.36. The summed E-state index contributed by atoms with van der Waals surface area (Å²) in [6, 6.07) is 14.9. The summed E-state index contributed by atoms with van der Waals surface area (Å²) in [5.74, 6) is -1.85. The quantitative estimate of drug-likeness (QED) is 0.393. The van der Waals surface area contributed by atoms with Crippen LogP contribution in [0.3, 0.4) is 0 Å². The van der Waals surface area contributed by atoms with E-state index >= 15 is 0 Å². The first-order chi connectivity index (χ1) is 17.7. The van der Waals surface area contributed by atoms with E-state index in [0.717, 1.165) is 5.56 Å². The minimum absolute atomic E-state index is 0.0609. The van der Waals surface area contributed by atoms with Gasteiger partial charge in [-0.15, -0.1) is 0 Å². The van der Waals surface area contributed by atoms with Gasteiger partial charge < -0.3 is 19.9 Å². The van der Waals surface area contributed by atoms with Gasteiger partial charge in [-0.05, 0) is 48.4 Å². The number of nitrogens with one attached hydrogen (secondary N) is 1. The van der Waals surface area contributed by atoms with Gasteiger partial charge in [-0.3, -0.25) is 4.79 Å². The van der Waals surface area contributed by atoms with Crippen LogP contribution >= 0.6 is 11.8 Å². The van der Waals surface area contributed by atoms with Crippen LogP contribution in [0.2, 0.25) is 0 Å². The van der Waals surface area contributed by atoms with Crippen molar-refractivity contribution in [2.45, 2.75) is 42.3 Å². The molecule has 196 valence electrons. The number of rotatable bonds is 9. The van der Waals surface area contributed by atoms with Crippen molar-refractivity contribution in [1.29, 1.82) is 0 Å². The number of anilines is 1. The molecule has 3 aromatic rings. The van der Waals surface area contributed by atoms with Gasteiger partial charge in [0.2, 0.25) is 5.91 Å². The van der Waals surface area contributed by atoms with E-state index in [9.17, 15) is 27.9 Å². The maximum Gasteiger partial charge on any atom is 0.446 e. The zero-order valence-corrected chi connectivity index (χ0v) is 20.7. The van der Waals surface area contributed by atoms with E-state index in [4.69, 9.17) is 0 Å². The summed E-state index contributed by atoms with van der Waals surface area (Å²) in [5, 5.41) is 12.3. The second-order valence-electron chi connectivity index (χ2n) is 8.93. The van der Waals surface area contributed by atoms with Crippen LogP contribution in [0.1, 0.15) is 24.1 Å². The number of imidazole rings is 1. The number of carbonyl (C=O) groups excluding carboxylic acids is 1. The van der Waals surface area contributed by atoms with E-state index in [1.54, 1.807) is 24.7 Å². The predicted octanol–water partition coefficient (Wildman–Crippen LogP) is 4.57. The molecule has 37 heavy (non-hydrogen) atoms. The molecule has 1 aromatic heterocycles. The smallest absolute Gasteiger partial charge is 0.446 e. The number of carboxylic acids is 1. The van der Waals surface area contributed by atoms with Crippen molar-refractivity contribution in [3.05, 3.63) is 78.4 Å². The Morgan fingerprint density at radius 1 is 1.11 bits per heavy atom. The Labute approximate surface area is 216 Å². The van der Waals surface area contributed by atoms with Crippen LogP contribution in [0.4, 0.5) is 18.9 Å². The molecule has 2 N–H and O–H groups in total. The Bertz CT molecular complexity index is 1210. The molecule has 0 unspecified atom stereocenters. The molecular weight excluding hydrogens is 505 g/mol. The molecule has 1 saturated heterocycles. The highest BCUT2D eigenvalue weighted by molar-refractivity contribution is 8.00. The molecule has 11 heteroatoms. The topological polar surface area (TPSA) is 87.5 Å². The fourth-order valence-electron chi connectivity index (χ4n) is 4.37. The molecule has 1 fully saturated rings. The van der Waals surface area contributed by atoms with E-state index in [1.165, 1.54) is 12.1 Å². The van der Waals surface area contributed by atoms with Gasteiger partial charge in [-0.25, -0.2) is 9.78 Å². The Morgan fingerprint density at radius 3 is 2.51 bits per heavy atom.